The maximum Gasteiger partial charge on any atom is 0.225 e. The second-order valence-corrected chi connectivity index (χ2v) is 7.59. The Kier molecular flexibility index (Phi) is 5.62. The van der Waals surface area contributed by atoms with Gasteiger partial charge in [0.15, 0.2) is 11.3 Å². The molecule has 156 valence electrons. The van der Waals surface area contributed by atoms with Gasteiger partial charge in [-0.1, -0.05) is 26.0 Å². The van der Waals surface area contributed by atoms with Crippen LogP contribution in [0.2, 0.25) is 0 Å². The molecule has 0 bridgehead atoms. The highest BCUT2D eigenvalue weighted by atomic mass is 16.3. The van der Waals surface area contributed by atoms with Crippen molar-refractivity contribution >= 4 is 22.8 Å². The van der Waals surface area contributed by atoms with E-state index < -0.39 is 6.10 Å². The number of fused-ring (bicyclic) bond motifs is 1. The van der Waals surface area contributed by atoms with Gasteiger partial charge in [-0.05, 0) is 36.6 Å². The SMILES string of the molecule is CC(O)CNc1nc(NCc2ccc(-n3cccn3)cc2)c2n[nH]c(C(C)C)c2n1. The molecule has 1 aromatic carbocycles. The topological polar surface area (TPSA) is 117 Å². The van der Waals surface area contributed by atoms with E-state index >= 15 is 0 Å². The van der Waals surface area contributed by atoms with E-state index in [4.69, 9.17) is 0 Å². The van der Waals surface area contributed by atoms with Crippen molar-refractivity contribution in [1.82, 2.24) is 29.9 Å². The predicted octanol–water partition coefficient (Wildman–Crippen LogP) is 3.07. The molecule has 9 heteroatoms. The van der Waals surface area contributed by atoms with Crippen LogP contribution in [0.5, 0.6) is 0 Å². The van der Waals surface area contributed by atoms with Gasteiger partial charge >= 0.3 is 0 Å². The normalized spacial score (nSPS) is 12.4. The molecular formula is C21H26N8O. The highest BCUT2D eigenvalue weighted by molar-refractivity contribution is 5.88. The van der Waals surface area contributed by atoms with E-state index in [9.17, 15) is 5.11 Å². The van der Waals surface area contributed by atoms with Gasteiger partial charge in [-0.15, -0.1) is 0 Å². The molecular weight excluding hydrogens is 380 g/mol. The fourth-order valence-corrected chi connectivity index (χ4v) is 3.14. The van der Waals surface area contributed by atoms with E-state index in [0.29, 0.717) is 30.4 Å². The lowest BCUT2D eigenvalue weighted by Gasteiger charge is -2.11. The predicted molar refractivity (Wildman–Crippen MR) is 117 cm³/mol. The molecule has 0 aliphatic heterocycles. The largest absolute Gasteiger partial charge is 0.392 e. The van der Waals surface area contributed by atoms with Crippen molar-refractivity contribution < 1.29 is 5.11 Å². The van der Waals surface area contributed by atoms with Crippen molar-refractivity contribution in [3.8, 4) is 5.69 Å². The lowest BCUT2D eigenvalue weighted by Crippen LogP contribution is -2.17. The molecule has 0 radical (unpaired) electrons. The number of aliphatic hydroxyl groups excluding tert-OH is 1. The van der Waals surface area contributed by atoms with Crippen LogP contribution in [0, 0.1) is 0 Å². The molecule has 4 N–H and O–H groups in total. The maximum absolute atomic E-state index is 9.58. The van der Waals surface area contributed by atoms with E-state index in [1.54, 1.807) is 13.1 Å². The summed E-state index contributed by atoms with van der Waals surface area (Å²) in [5, 5.41) is 27.8. The van der Waals surface area contributed by atoms with Crippen molar-refractivity contribution in [2.24, 2.45) is 0 Å². The molecule has 0 saturated carbocycles. The van der Waals surface area contributed by atoms with Crippen LogP contribution in [0.25, 0.3) is 16.7 Å². The Balaban J connectivity index is 1.57. The van der Waals surface area contributed by atoms with E-state index in [1.165, 1.54) is 0 Å². The summed E-state index contributed by atoms with van der Waals surface area (Å²) in [6.45, 7) is 6.85. The smallest absolute Gasteiger partial charge is 0.225 e. The van der Waals surface area contributed by atoms with Gasteiger partial charge in [0, 0.05) is 25.5 Å². The summed E-state index contributed by atoms with van der Waals surface area (Å²) in [6.07, 6.45) is 3.17. The van der Waals surface area contributed by atoms with Crippen LogP contribution in [0.15, 0.2) is 42.7 Å². The molecule has 0 saturated heterocycles. The fourth-order valence-electron chi connectivity index (χ4n) is 3.14. The fraction of sp³-hybridized carbons (Fsp3) is 0.333. The van der Waals surface area contributed by atoms with Crippen molar-refractivity contribution in [2.75, 3.05) is 17.2 Å². The Morgan fingerprint density at radius 3 is 2.53 bits per heavy atom. The van der Waals surface area contributed by atoms with Gasteiger partial charge in [0.25, 0.3) is 0 Å². The Morgan fingerprint density at radius 2 is 1.87 bits per heavy atom. The van der Waals surface area contributed by atoms with Crippen LogP contribution in [0.4, 0.5) is 11.8 Å². The number of benzene rings is 1. The third-order valence-electron chi connectivity index (χ3n) is 4.73. The van der Waals surface area contributed by atoms with E-state index in [2.05, 4.69) is 61.9 Å². The number of aromatic nitrogens is 6. The van der Waals surface area contributed by atoms with Crippen molar-refractivity contribution in [3.05, 3.63) is 54.0 Å². The first-order valence-corrected chi connectivity index (χ1v) is 10.0. The lowest BCUT2D eigenvalue weighted by atomic mass is 10.1. The number of nitrogens with zero attached hydrogens (tertiary/aromatic N) is 5. The molecule has 3 heterocycles. The van der Waals surface area contributed by atoms with Crippen molar-refractivity contribution in [2.45, 2.75) is 39.3 Å². The van der Waals surface area contributed by atoms with Gasteiger partial charge in [0.2, 0.25) is 5.95 Å². The number of aliphatic hydroxyl groups is 1. The average molecular weight is 406 g/mol. The number of aromatic amines is 1. The van der Waals surface area contributed by atoms with Crippen molar-refractivity contribution in [3.63, 3.8) is 0 Å². The Bertz CT molecular complexity index is 1100. The Morgan fingerprint density at radius 1 is 1.07 bits per heavy atom. The molecule has 1 atom stereocenters. The molecule has 30 heavy (non-hydrogen) atoms. The molecule has 0 aliphatic rings. The van der Waals surface area contributed by atoms with Crippen LogP contribution < -0.4 is 10.6 Å². The second kappa shape index (κ2) is 8.50. The molecule has 1 unspecified atom stereocenters. The Hall–Kier alpha value is -3.46. The number of rotatable bonds is 8. The number of nitrogens with one attached hydrogen (secondary N) is 3. The summed E-state index contributed by atoms with van der Waals surface area (Å²) in [5.41, 5.74) is 4.56. The molecule has 0 fully saturated rings. The van der Waals surface area contributed by atoms with Crippen LogP contribution in [0.3, 0.4) is 0 Å². The van der Waals surface area contributed by atoms with E-state index in [0.717, 1.165) is 22.5 Å². The number of hydrogen-bond acceptors (Lipinski definition) is 7. The van der Waals surface area contributed by atoms with Crippen LogP contribution in [0.1, 0.15) is 37.9 Å². The monoisotopic (exact) mass is 406 g/mol. The zero-order valence-corrected chi connectivity index (χ0v) is 17.3. The minimum Gasteiger partial charge on any atom is -0.392 e. The number of H-pyrrole nitrogens is 1. The molecule has 4 rings (SSSR count). The van der Waals surface area contributed by atoms with Gasteiger partial charge in [-0.25, -0.2) is 9.67 Å². The third kappa shape index (κ3) is 4.25. The standard InChI is InChI=1S/C21H26N8O/c1-13(2)17-18-19(28-27-17)20(26-21(25-18)23-11-14(3)30)22-12-15-5-7-16(8-6-15)29-10-4-9-24-29/h4-10,13-14,30H,11-12H2,1-3H3,(H,27,28)(H2,22,23,25,26). The first kappa shape index (κ1) is 19.8. The second-order valence-electron chi connectivity index (χ2n) is 7.59. The van der Waals surface area contributed by atoms with Crippen LogP contribution in [-0.4, -0.2) is 47.7 Å². The van der Waals surface area contributed by atoms with E-state index in [1.807, 2.05) is 29.1 Å². The summed E-state index contributed by atoms with van der Waals surface area (Å²) < 4.78 is 1.82. The van der Waals surface area contributed by atoms with Gasteiger partial charge in [-0.3, -0.25) is 5.10 Å². The van der Waals surface area contributed by atoms with Gasteiger partial charge in [0.05, 0.1) is 17.5 Å². The molecule has 9 nitrogen and oxygen atoms in total. The molecule has 4 aromatic rings. The molecule has 0 spiro atoms. The first-order chi connectivity index (χ1) is 14.5. The minimum atomic E-state index is -0.497. The summed E-state index contributed by atoms with van der Waals surface area (Å²) in [6, 6.07) is 10.1. The highest BCUT2D eigenvalue weighted by Gasteiger charge is 2.17. The lowest BCUT2D eigenvalue weighted by molar-refractivity contribution is 0.208. The maximum atomic E-state index is 9.58. The van der Waals surface area contributed by atoms with Gasteiger partial charge < -0.3 is 15.7 Å². The average Bonchev–Trinajstić information content (AvgIpc) is 3.41. The number of anilines is 2. The van der Waals surface area contributed by atoms with Crippen LogP contribution >= 0.6 is 0 Å². The summed E-state index contributed by atoms with van der Waals surface area (Å²) in [5.74, 6) is 1.35. The van der Waals surface area contributed by atoms with Crippen LogP contribution in [-0.2, 0) is 6.54 Å². The van der Waals surface area contributed by atoms with Gasteiger partial charge in [-0.2, -0.15) is 15.2 Å². The first-order valence-electron chi connectivity index (χ1n) is 10.0. The molecule has 0 amide bonds. The zero-order chi connectivity index (χ0) is 21.1. The van der Waals surface area contributed by atoms with Gasteiger partial charge in [0.1, 0.15) is 5.52 Å². The number of hydrogen-bond donors (Lipinski definition) is 4. The van der Waals surface area contributed by atoms with Crippen molar-refractivity contribution in [1.29, 1.82) is 0 Å². The molecule has 3 aromatic heterocycles. The minimum absolute atomic E-state index is 0.247. The Labute approximate surface area is 174 Å². The summed E-state index contributed by atoms with van der Waals surface area (Å²) >= 11 is 0. The summed E-state index contributed by atoms with van der Waals surface area (Å²) in [7, 11) is 0. The quantitative estimate of drug-likeness (QED) is 0.355. The van der Waals surface area contributed by atoms with E-state index in [-0.39, 0.29) is 5.92 Å². The third-order valence-corrected chi connectivity index (χ3v) is 4.73. The molecule has 0 aliphatic carbocycles. The summed E-state index contributed by atoms with van der Waals surface area (Å²) in [4.78, 5) is 9.19. The highest BCUT2D eigenvalue weighted by Crippen LogP contribution is 2.27. The zero-order valence-electron chi connectivity index (χ0n) is 17.3.